The zero-order valence-electron chi connectivity index (χ0n) is 21.4. The number of furan rings is 1. The second-order valence-electron chi connectivity index (χ2n) is 9.17. The molecule has 38 heavy (non-hydrogen) atoms. The van der Waals surface area contributed by atoms with Gasteiger partial charge in [-0.1, -0.05) is 0 Å². The van der Waals surface area contributed by atoms with Crippen LogP contribution in [0.1, 0.15) is 5.56 Å². The Bertz CT molecular complexity index is 1540. The van der Waals surface area contributed by atoms with Gasteiger partial charge in [-0.2, -0.15) is 4.52 Å². The van der Waals surface area contributed by atoms with Crippen LogP contribution in [0.25, 0.3) is 28.5 Å². The van der Waals surface area contributed by atoms with Crippen LogP contribution in [0, 0.1) is 0 Å². The standard InChI is InChI=1S/C28H29N7O3/c1-36-22-8-6-21(7-9-22)34-13-11-33(12-14-34)18-20-16-19(5-10-24(20)37-2)23-17-26-31-27(25-4-3-15-38-25)32-35(26)28(29)30-23/h3-10,15-17H,11-14,18H2,1-2H3,(H2,29,30). The summed E-state index contributed by atoms with van der Waals surface area (Å²) in [6.07, 6.45) is 1.59. The summed E-state index contributed by atoms with van der Waals surface area (Å²) in [7, 11) is 3.39. The zero-order chi connectivity index (χ0) is 26.1. The molecule has 4 heterocycles. The number of nitrogen functional groups attached to an aromatic ring is 1. The smallest absolute Gasteiger partial charge is 0.223 e. The Balaban J connectivity index is 1.21. The zero-order valence-corrected chi connectivity index (χ0v) is 21.4. The molecule has 10 nitrogen and oxygen atoms in total. The summed E-state index contributed by atoms with van der Waals surface area (Å²) in [6.45, 7) is 4.58. The van der Waals surface area contributed by atoms with E-state index >= 15 is 0 Å². The molecule has 3 aromatic heterocycles. The molecule has 1 saturated heterocycles. The molecule has 0 bridgehead atoms. The maximum absolute atomic E-state index is 6.26. The van der Waals surface area contributed by atoms with Gasteiger partial charge in [0.25, 0.3) is 0 Å². The van der Waals surface area contributed by atoms with Gasteiger partial charge in [0.1, 0.15) is 11.5 Å². The van der Waals surface area contributed by atoms with Crippen molar-refractivity contribution in [1.82, 2.24) is 24.5 Å². The Morgan fingerprint density at radius 3 is 2.45 bits per heavy atom. The molecule has 2 aromatic carbocycles. The number of methoxy groups -OCH3 is 2. The van der Waals surface area contributed by atoms with Gasteiger partial charge in [0.2, 0.25) is 11.8 Å². The average Bonchev–Trinajstić information content (AvgIpc) is 3.64. The monoisotopic (exact) mass is 511 g/mol. The molecule has 0 saturated carbocycles. The van der Waals surface area contributed by atoms with Gasteiger partial charge in [0.15, 0.2) is 11.4 Å². The SMILES string of the molecule is COc1ccc(N2CCN(Cc3cc(-c4cc5nc(-c6ccco6)nn5c(N)n4)ccc3OC)CC2)cc1. The van der Waals surface area contributed by atoms with E-state index in [4.69, 9.17) is 19.6 Å². The van der Waals surface area contributed by atoms with E-state index in [1.165, 1.54) is 10.2 Å². The Morgan fingerprint density at radius 2 is 1.74 bits per heavy atom. The van der Waals surface area contributed by atoms with Crippen molar-refractivity contribution in [1.29, 1.82) is 0 Å². The summed E-state index contributed by atoms with van der Waals surface area (Å²) in [6, 6.07) is 19.8. The minimum atomic E-state index is 0.259. The molecule has 1 aliphatic rings. The topological polar surface area (TPSA) is 107 Å². The maximum Gasteiger partial charge on any atom is 0.223 e. The Kier molecular flexibility index (Phi) is 6.30. The summed E-state index contributed by atoms with van der Waals surface area (Å²) < 4.78 is 17.9. The number of piperazine rings is 1. The predicted molar refractivity (Wildman–Crippen MR) is 145 cm³/mol. The molecule has 0 radical (unpaired) electrons. The van der Waals surface area contributed by atoms with Crippen molar-refractivity contribution in [3.63, 3.8) is 0 Å². The molecule has 0 amide bonds. The molecule has 5 aromatic rings. The number of hydrogen-bond donors (Lipinski definition) is 1. The van der Waals surface area contributed by atoms with E-state index in [1.54, 1.807) is 26.5 Å². The van der Waals surface area contributed by atoms with E-state index in [-0.39, 0.29) is 5.95 Å². The third-order valence-corrected chi connectivity index (χ3v) is 6.87. The highest BCUT2D eigenvalue weighted by molar-refractivity contribution is 5.68. The largest absolute Gasteiger partial charge is 0.497 e. The van der Waals surface area contributed by atoms with Crippen LogP contribution >= 0.6 is 0 Å². The van der Waals surface area contributed by atoms with Crippen molar-refractivity contribution in [2.75, 3.05) is 51.0 Å². The van der Waals surface area contributed by atoms with E-state index in [1.807, 2.05) is 36.4 Å². The van der Waals surface area contributed by atoms with E-state index in [0.717, 1.165) is 61.0 Å². The highest BCUT2D eigenvalue weighted by Gasteiger charge is 2.20. The molecule has 194 valence electrons. The van der Waals surface area contributed by atoms with Crippen LogP contribution in [0.15, 0.2) is 71.3 Å². The molecule has 1 aliphatic heterocycles. The molecule has 0 unspecified atom stereocenters. The van der Waals surface area contributed by atoms with Crippen molar-refractivity contribution in [3.05, 3.63) is 72.5 Å². The summed E-state index contributed by atoms with van der Waals surface area (Å²) in [5, 5.41) is 4.44. The first-order chi connectivity index (χ1) is 18.6. The van der Waals surface area contributed by atoms with Crippen molar-refractivity contribution >= 4 is 17.3 Å². The van der Waals surface area contributed by atoms with E-state index in [9.17, 15) is 0 Å². The van der Waals surface area contributed by atoms with Gasteiger partial charge < -0.3 is 24.5 Å². The first-order valence-electron chi connectivity index (χ1n) is 12.5. The van der Waals surface area contributed by atoms with Crippen LogP contribution in [-0.2, 0) is 6.54 Å². The lowest BCUT2D eigenvalue weighted by molar-refractivity contribution is 0.246. The molecule has 0 spiro atoms. The Morgan fingerprint density at radius 1 is 0.921 bits per heavy atom. The summed E-state index contributed by atoms with van der Waals surface area (Å²) in [5.74, 6) is 3.02. The van der Waals surface area contributed by atoms with E-state index < -0.39 is 0 Å². The minimum Gasteiger partial charge on any atom is -0.497 e. The average molecular weight is 512 g/mol. The first-order valence-corrected chi connectivity index (χ1v) is 12.5. The third-order valence-electron chi connectivity index (χ3n) is 6.87. The summed E-state index contributed by atoms with van der Waals surface area (Å²) in [4.78, 5) is 14.0. The van der Waals surface area contributed by atoms with Gasteiger partial charge in [0, 0.05) is 55.6 Å². The Labute approximate surface area is 220 Å². The van der Waals surface area contributed by atoms with Crippen LogP contribution in [-0.4, -0.2) is 64.9 Å². The number of nitrogens with two attached hydrogens (primary N) is 1. The molecular weight excluding hydrogens is 482 g/mol. The predicted octanol–water partition coefficient (Wildman–Crippen LogP) is 3.97. The number of rotatable bonds is 7. The molecule has 2 N–H and O–H groups in total. The molecule has 10 heteroatoms. The van der Waals surface area contributed by atoms with Crippen molar-refractivity contribution in [2.24, 2.45) is 0 Å². The highest BCUT2D eigenvalue weighted by Crippen LogP contribution is 2.29. The van der Waals surface area contributed by atoms with Crippen LogP contribution in [0.3, 0.4) is 0 Å². The fourth-order valence-corrected chi connectivity index (χ4v) is 4.83. The van der Waals surface area contributed by atoms with Gasteiger partial charge in [-0.15, -0.1) is 5.10 Å². The van der Waals surface area contributed by atoms with Crippen LogP contribution in [0.5, 0.6) is 11.5 Å². The lowest BCUT2D eigenvalue weighted by atomic mass is 10.1. The fraction of sp³-hybridized carbons (Fsp3) is 0.250. The number of benzene rings is 2. The van der Waals surface area contributed by atoms with Gasteiger partial charge in [-0.05, 0) is 54.6 Å². The minimum absolute atomic E-state index is 0.259. The number of ether oxygens (including phenoxy) is 2. The van der Waals surface area contributed by atoms with E-state index in [0.29, 0.717) is 17.2 Å². The second-order valence-corrected chi connectivity index (χ2v) is 9.17. The number of aromatic nitrogens is 4. The normalized spacial score (nSPS) is 14.2. The van der Waals surface area contributed by atoms with Crippen molar-refractivity contribution in [3.8, 4) is 34.3 Å². The quantitative estimate of drug-likeness (QED) is 0.347. The number of nitrogens with zero attached hydrogens (tertiary/aromatic N) is 6. The van der Waals surface area contributed by atoms with Crippen LogP contribution < -0.4 is 20.1 Å². The van der Waals surface area contributed by atoms with Gasteiger partial charge >= 0.3 is 0 Å². The lowest BCUT2D eigenvalue weighted by Crippen LogP contribution is -2.46. The number of fused-ring (bicyclic) bond motifs is 1. The van der Waals surface area contributed by atoms with Crippen molar-refractivity contribution < 1.29 is 13.9 Å². The molecule has 6 rings (SSSR count). The van der Waals surface area contributed by atoms with Gasteiger partial charge in [-0.3, -0.25) is 4.90 Å². The highest BCUT2D eigenvalue weighted by atomic mass is 16.5. The summed E-state index contributed by atoms with van der Waals surface area (Å²) in [5.41, 5.74) is 10.8. The van der Waals surface area contributed by atoms with Crippen molar-refractivity contribution in [2.45, 2.75) is 6.54 Å². The van der Waals surface area contributed by atoms with Gasteiger partial charge in [0.05, 0.1) is 26.2 Å². The molecule has 0 atom stereocenters. The molecular formula is C28H29N7O3. The molecule has 1 fully saturated rings. The third kappa shape index (κ3) is 4.61. The second kappa shape index (κ2) is 10.1. The molecule has 0 aliphatic carbocycles. The number of anilines is 2. The lowest BCUT2D eigenvalue weighted by Gasteiger charge is -2.36. The fourth-order valence-electron chi connectivity index (χ4n) is 4.83. The Hall–Kier alpha value is -4.57. The first kappa shape index (κ1) is 23.8. The number of hydrogen-bond acceptors (Lipinski definition) is 9. The van der Waals surface area contributed by atoms with Crippen LogP contribution in [0.2, 0.25) is 0 Å². The summed E-state index contributed by atoms with van der Waals surface area (Å²) >= 11 is 0. The van der Waals surface area contributed by atoms with Crippen LogP contribution in [0.4, 0.5) is 11.6 Å². The van der Waals surface area contributed by atoms with E-state index in [2.05, 4.69) is 43.1 Å². The maximum atomic E-state index is 6.26. The van der Waals surface area contributed by atoms with Gasteiger partial charge in [-0.25, -0.2) is 9.97 Å².